The number of nitrogens with one attached hydrogen (secondary N) is 2. The SMILES string of the molecule is Cc1cc2c(N3CCC(=O)NC3=O)cccc2[nH]1. The lowest BCUT2D eigenvalue weighted by Crippen LogP contribution is -2.49. The van der Waals surface area contributed by atoms with Gasteiger partial charge in [0.15, 0.2) is 0 Å². The van der Waals surface area contributed by atoms with Crippen molar-refractivity contribution in [3.8, 4) is 0 Å². The number of rotatable bonds is 1. The first-order valence-corrected chi connectivity index (χ1v) is 5.85. The number of aromatic nitrogens is 1. The van der Waals surface area contributed by atoms with Gasteiger partial charge in [-0.2, -0.15) is 0 Å². The van der Waals surface area contributed by atoms with Gasteiger partial charge in [-0.05, 0) is 25.1 Å². The zero-order valence-electron chi connectivity index (χ0n) is 9.99. The van der Waals surface area contributed by atoms with Crippen molar-refractivity contribution >= 4 is 28.5 Å². The molecule has 3 amide bonds. The number of benzene rings is 1. The monoisotopic (exact) mass is 243 g/mol. The lowest BCUT2D eigenvalue weighted by Gasteiger charge is -2.27. The molecule has 0 bridgehead atoms. The van der Waals surface area contributed by atoms with E-state index in [-0.39, 0.29) is 11.9 Å². The van der Waals surface area contributed by atoms with Crippen LogP contribution in [-0.2, 0) is 4.79 Å². The number of amides is 3. The van der Waals surface area contributed by atoms with Gasteiger partial charge in [-0.25, -0.2) is 4.79 Å². The van der Waals surface area contributed by atoms with Gasteiger partial charge < -0.3 is 4.98 Å². The van der Waals surface area contributed by atoms with Crippen LogP contribution >= 0.6 is 0 Å². The summed E-state index contributed by atoms with van der Waals surface area (Å²) in [5.74, 6) is -0.214. The Hall–Kier alpha value is -2.30. The van der Waals surface area contributed by atoms with Gasteiger partial charge in [0.05, 0.1) is 5.69 Å². The molecule has 2 aromatic rings. The van der Waals surface area contributed by atoms with Crippen molar-refractivity contribution in [2.75, 3.05) is 11.4 Å². The maximum absolute atomic E-state index is 11.8. The van der Waals surface area contributed by atoms with E-state index in [1.165, 1.54) is 0 Å². The van der Waals surface area contributed by atoms with Crippen molar-refractivity contribution in [1.82, 2.24) is 10.3 Å². The molecular weight excluding hydrogens is 230 g/mol. The Labute approximate surface area is 104 Å². The fourth-order valence-corrected chi connectivity index (χ4v) is 2.31. The Morgan fingerprint density at radius 1 is 1.28 bits per heavy atom. The first-order valence-electron chi connectivity index (χ1n) is 5.85. The molecule has 0 aliphatic carbocycles. The number of aromatic amines is 1. The molecule has 3 rings (SSSR count). The minimum Gasteiger partial charge on any atom is -0.359 e. The maximum Gasteiger partial charge on any atom is 0.328 e. The Bertz CT molecular complexity index is 645. The molecule has 2 heterocycles. The lowest BCUT2D eigenvalue weighted by molar-refractivity contribution is -0.120. The molecular formula is C13H13N3O2. The van der Waals surface area contributed by atoms with E-state index in [9.17, 15) is 9.59 Å². The number of urea groups is 1. The second kappa shape index (κ2) is 3.87. The number of nitrogens with zero attached hydrogens (tertiary/aromatic N) is 1. The Balaban J connectivity index is 2.08. The van der Waals surface area contributed by atoms with Crippen LogP contribution in [0.25, 0.3) is 10.9 Å². The molecule has 1 aliphatic rings. The minimum absolute atomic E-state index is 0.214. The third-order valence-electron chi connectivity index (χ3n) is 3.12. The normalized spacial score (nSPS) is 16.2. The van der Waals surface area contributed by atoms with Gasteiger partial charge >= 0.3 is 6.03 Å². The van der Waals surface area contributed by atoms with E-state index in [0.717, 1.165) is 22.3 Å². The standard InChI is InChI=1S/C13H13N3O2/c1-8-7-9-10(14-8)3-2-4-11(9)16-6-5-12(17)15-13(16)18/h2-4,7,14H,5-6H2,1H3,(H,15,17,18). The number of fused-ring (bicyclic) bond motifs is 1. The molecule has 0 unspecified atom stereocenters. The molecule has 1 fully saturated rings. The molecule has 5 heteroatoms. The molecule has 92 valence electrons. The predicted molar refractivity (Wildman–Crippen MR) is 68.5 cm³/mol. The van der Waals surface area contributed by atoms with Crippen molar-refractivity contribution < 1.29 is 9.59 Å². The van der Waals surface area contributed by atoms with Crippen LogP contribution in [0, 0.1) is 6.92 Å². The number of imide groups is 1. The van der Waals surface area contributed by atoms with E-state index in [4.69, 9.17) is 0 Å². The molecule has 1 saturated heterocycles. The van der Waals surface area contributed by atoms with E-state index < -0.39 is 0 Å². The van der Waals surface area contributed by atoms with Crippen molar-refractivity contribution in [2.45, 2.75) is 13.3 Å². The molecule has 1 aromatic carbocycles. The van der Waals surface area contributed by atoms with Crippen LogP contribution in [0.2, 0.25) is 0 Å². The molecule has 1 aliphatic heterocycles. The number of anilines is 1. The van der Waals surface area contributed by atoms with Gasteiger partial charge in [0.1, 0.15) is 0 Å². The molecule has 0 saturated carbocycles. The molecule has 1 aromatic heterocycles. The predicted octanol–water partition coefficient (Wildman–Crippen LogP) is 1.92. The van der Waals surface area contributed by atoms with Crippen LogP contribution in [0.4, 0.5) is 10.5 Å². The third kappa shape index (κ3) is 1.64. The number of carbonyl (C=O) groups is 2. The lowest BCUT2D eigenvalue weighted by atomic mass is 10.1. The highest BCUT2D eigenvalue weighted by atomic mass is 16.2. The summed E-state index contributed by atoms with van der Waals surface area (Å²) in [6, 6.07) is 7.42. The second-order valence-electron chi connectivity index (χ2n) is 4.45. The van der Waals surface area contributed by atoms with Gasteiger partial charge in [0.2, 0.25) is 5.91 Å². The fourth-order valence-electron chi connectivity index (χ4n) is 2.31. The van der Waals surface area contributed by atoms with Crippen molar-refractivity contribution in [1.29, 1.82) is 0 Å². The molecule has 2 N–H and O–H groups in total. The molecule has 0 radical (unpaired) electrons. The highest BCUT2D eigenvalue weighted by molar-refractivity contribution is 6.09. The van der Waals surface area contributed by atoms with Gasteiger partial charge in [0, 0.05) is 29.6 Å². The summed E-state index contributed by atoms with van der Waals surface area (Å²) in [4.78, 5) is 27.8. The molecule has 0 spiro atoms. The van der Waals surface area contributed by atoms with E-state index in [2.05, 4.69) is 10.3 Å². The van der Waals surface area contributed by atoms with Crippen LogP contribution in [0.15, 0.2) is 24.3 Å². The maximum atomic E-state index is 11.8. The molecule has 18 heavy (non-hydrogen) atoms. The number of carbonyl (C=O) groups excluding carboxylic acids is 2. The summed E-state index contributed by atoms with van der Waals surface area (Å²) in [6.45, 7) is 2.40. The van der Waals surface area contributed by atoms with Crippen LogP contribution in [0.5, 0.6) is 0 Å². The van der Waals surface area contributed by atoms with E-state index >= 15 is 0 Å². The van der Waals surface area contributed by atoms with E-state index in [1.807, 2.05) is 31.2 Å². The first kappa shape index (κ1) is 10.8. The largest absolute Gasteiger partial charge is 0.359 e. The summed E-state index contributed by atoms with van der Waals surface area (Å²) < 4.78 is 0. The number of aryl methyl sites for hydroxylation is 1. The quantitative estimate of drug-likeness (QED) is 0.803. The smallest absolute Gasteiger partial charge is 0.328 e. The minimum atomic E-state index is -0.349. The third-order valence-corrected chi connectivity index (χ3v) is 3.12. The van der Waals surface area contributed by atoms with Gasteiger partial charge in [-0.3, -0.25) is 15.0 Å². The zero-order valence-corrected chi connectivity index (χ0v) is 9.99. The fraction of sp³-hybridized carbons (Fsp3) is 0.231. The van der Waals surface area contributed by atoms with Crippen molar-refractivity contribution in [2.24, 2.45) is 0 Å². The average molecular weight is 243 g/mol. The van der Waals surface area contributed by atoms with Crippen molar-refractivity contribution in [3.05, 3.63) is 30.0 Å². The topological polar surface area (TPSA) is 65.2 Å². The summed E-state index contributed by atoms with van der Waals surface area (Å²) in [5, 5.41) is 3.34. The molecule has 5 nitrogen and oxygen atoms in total. The highest BCUT2D eigenvalue weighted by Crippen LogP contribution is 2.28. The van der Waals surface area contributed by atoms with Crippen LogP contribution in [0.3, 0.4) is 0 Å². The van der Waals surface area contributed by atoms with Gasteiger partial charge in [-0.1, -0.05) is 6.07 Å². The van der Waals surface area contributed by atoms with E-state index in [0.29, 0.717) is 13.0 Å². The first-order chi connectivity index (χ1) is 8.65. The zero-order chi connectivity index (χ0) is 12.7. The van der Waals surface area contributed by atoms with Crippen LogP contribution in [-0.4, -0.2) is 23.5 Å². The van der Waals surface area contributed by atoms with E-state index in [1.54, 1.807) is 4.90 Å². The Morgan fingerprint density at radius 2 is 2.11 bits per heavy atom. The van der Waals surface area contributed by atoms with Gasteiger partial charge in [-0.15, -0.1) is 0 Å². The Morgan fingerprint density at radius 3 is 2.89 bits per heavy atom. The summed E-state index contributed by atoms with van der Waals surface area (Å²) >= 11 is 0. The molecule has 0 atom stereocenters. The Kier molecular flexibility index (Phi) is 2.33. The highest BCUT2D eigenvalue weighted by Gasteiger charge is 2.25. The number of hydrogen-bond acceptors (Lipinski definition) is 2. The van der Waals surface area contributed by atoms with Crippen molar-refractivity contribution in [3.63, 3.8) is 0 Å². The summed E-state index contributed by atoms with van der Waals surface area (Å²) in [5.41, 5.74) is 2.88. The van der Waals surface area contributed by atoms with Crippen LogP contribution < -0.4 is 10.2 Å². The van der Waals surface area contributed by atoms with Crippen LogP contribution in [0.1, 0.15) is 12.1 Å². The average Bonchev–Trinajstić information content (AvgIpc) is 2.69. The van der Waals surface area contributed by atoms with Gasteiger partial charge in [0.25, 0.3) is 0 Å². The number of H-pyrrole nitrogens is 1. The summed E-state index contributed by atoms with van der Waals surface area (Å²) in [7, 11) is 0. The number of hydrogen-bond donors (Lipinski definition) is 2. The second-order valence-corrected chi connectivity index (χ2v) is 4.45. The summed E-state index contributed by atoms with van der Waals surface area (Å²) in [6.07, 6.45) is 0.339.